The third-order valence-electron chi connectivity index (χ3n) is 3.13. The Balaban J connectivity index is 0.000000255. The molecular formula is C17H28N2O3. The van der Waals surface area contributed by atoms with E-state index in [0.717, 1.165) is 12.8 Å². The number of benzene rings is 1. The number of hydrogen-bond donors (Lipinski definition) is 2. The average Bonchev–Trinajstić information content (AvgIpc) is 2.47. The van der Waals surface area contributed by atoms with Crippen LogP contribution in [0.2, 0.25) is 0 Å². The van der Waals surface area contributed by atoms with Crippen molar-refractivity contribution in [1.82, 2.24) is 4.90 Å². The fourth-order valence-corrected chi connectivity index (χ4v) is 2.06. The number of nitrogens with two attached hydrogens (primary N) is 1. The van der Waals surface area contributed by atoms with Crippen LogP contribution in [0.15, 0.2) is 30.3 Å². The van der Waals surface area contributed by atoms with Crippen molar-refractivity contribution in [3.8, 4) is 0 Å². The Morgan fingerprint density at radius 3 is 2.45 bits per heavy atom. The highest BCUT2D eigenvalue weighted by molar-refractivity contribution is 5.68. The number of aliphatic hydroxyl groups is 1. The van der Waals surface area contributed by atoms with Crippen LogP contribution in [-0.2, 0) is 11.3 Å². The molecule has 0 aliphatic carbocycles. The second kappa shape index (κ2) is 8.76. The summed E-state index contributed by atoms with van der Waals surface area (Å²) in [5, 5.41) is 9.38. The zero-order valence-corrected chi connectivity index (χ0v) is 13.8. The van der Waals surface area contributed by atoms with E-state index in [2.05, 4.69) is 0 Å². The third kappa shape index (κ3) is 7.43. The number of rotatable bonds is 1. The van der Waals surface area contributed by atoms with E-state index in [0.29, 0.717) is 19.6 Å². The molecule has 0 bridgehead atoms. The van der Waals surface area contributed by atoms with Gasteiger partial charge in [0.15, 0.2) is 0 Å². The summed E-state index contributed by atoms with van der Waals surface area (Å²) >= 11 is 0. The molecule has 1 fully saturated rings. The van der Waals surface area contributed by atoms with Gasteiger partial charge in [-0.3, -0.25) is 0 Å². The highest BCUT2D eigenvalue weighted by Crippen LogP contribution is 2.14. The molecule has 1 aromatic carbocycles. The first-order valence-corrected chi connectivity index (χ1v) is 7.72. The summed E-state index contributed by atoms with van der Waals surface area (Å²) in [6.07, 6.45) is 0.909. The van der Waals surface area contributed by atoms with E-state index in [1.54, 1.807) is 4.90 Å². The van der Waals surface area contributed by atoms with Gasteiger partial charge in [0.25, 0.3) is 0 Å². The maximum Gasteiger partial charge on any atom is 0.410 e. The van der Waals surface area contributed by atoms with Crippen LogP contribution in [0.3, 0.4) is 0 Å². The molecule has 3 N–H and O–H groups in total. The quantitative estimate of drug-likeness (QED) is 0.836. The van der Waals surface area contributed by atoms with Gasteiger partial charge in [-0.2, -0.15) is 0 Å². The van der Waals surface area contributed by atoms with Crippen molar-refractivity contribution in [1.29, 1.82) is 0 Å². The van der Waals surface area contributed by atoms with Gasteiger partial charge in [0.05, 0.1) is 6.10 Å². The summed E-state index contributed by atoms with van der Waals surface area (Å²) in [7, 11) is 0. The Hall–Kier alpha value is -1.59. The highest BCUT2D eigenvalue weighted by Gasteiger charge is 2.26. The molecule has 1 aliphatic heterocycles. The van der Waals surface area contributed by atoms with Gasteiger partial charge < -0.3 is 20.5 Å². The first kappa shape index (κ1) is 18.5. The van der Waals surface area contributed by atoms with Gasteiger partial charge >= 0.3 is 6.09 Å². The van der Waals surface area contributed by atoms with Gasteiger partial charge in [0.2, 0.25) is 0 Å². The van der Waals surface area contributed by atoms with Gasteiger partial charge in [-0.25, -0.2) is 4.79 Å². The van der Waals surface area contributed by atoms with Crippen LogP contribution >= 0.6 is 0 Å². The number of β-amino-alcohol motifs (C(OH)–C–C–N with tert-alkyl or cyclic N) is 1. The lowest BCUT2D eigenvalue weighted by Gasteiger charge is -2.32. The van der Waals surface area contributed by atoms with Crippen molar-refractivity contribution in [2.45, 2.75) is 51.9 Å². The van der Waals surface area contributed by atoms with Crippen LogP contribution < -0.4 is 5.73 Å². The molecule has 0 saturated carbocycles. The molecule has 0 radical (unpaired) electrons. The zero-order chi connectivity index (χ0) is 16.6. The van der Waals surface area contributed by atoms with E-state index >= 15 is 0 Å². The zero-order valence-electron chi connectivity index (χ0n) is 13.8. The minimum atomic E-state index is -0.459. The number of aliphatic hydroxyl groups excluding tert-OH is 1. The summed E-state index contributed by atoms with van der Waals surface area (Å²) < 4.78 is 5.20. The molecule has 22 heavy (non-hydrogen) atoms. The predicted octanol–water partition coefficient (Wildman–Crippen LogP) is 2.52. The minimum Gasteiger partial charge on any atom is -0.444 e. The molecule has 5 heteroatoms. The van der Waals surface area contributed by atoms with Crippen molar-refractivity contribution in [2.24, 2.45) is 5.73 Å². The Morgan fingerprint density at radius 2 is 2.00 bits per heavy atom. The van der Waals surface area contributed by atoms with Gasteiger partial charge in [0.1, 0.15) is 5.60 Å². The standard InChI is InChI=1S/C10H19NO3.C7H9N/c1-10(2,3)14-9(13)11-6-4-5-8(12)7-11;8-6-7-4-2-1-3-5-7/h8,12H,4-7H2,1-3H3;1-5H,6,8H2. The lowest BCUT2D eigenvalue weighted by Crippen LogP contribution is -2.44. The number of likely N-dealkylation sites (tertiary alicyclic amines) is 1. The maximum atomic E-state index is 11.6. The van der Waals surface area contributed by atoms with Crippen LogP contribution in [0.5, 0.6) is 0 Å². The number of ether oxygens (including phenoxy) is 1. The molecule has 0 spiro atoms. The number of carbonyl (C=O) groups excluding carboxylic acids is 1. The molecule has 5 nitrogen and oxygen atoms in total. The summed E-state index contributed by atoms with van der Waals surface area (Å²) in [5.41, 5.74) is 6.08. The van der Waals surface area contributed by atoms with E-state index in [9.17, 15) is 9.90 Å². The molecule has 1 aromatic rings. The minimum absolute atomic E-state index is 0.323. The first-order chi connectivity index (χ1) is 10.3. The molecule has 1 atom stereocenters. The Labute approximate surface area is 133 Å². The van der Waals surface area contributed by atoms with Gasteiger partial charge in [-0.1, -0.05) is 30.3 Å². The van der Waals surface area contributed by atoms with E-state index in [1.165, 1.54) is 5.56 Å². The molecule has 1 saturated heterocycles. The van der Waals surface area contributed by atoms with E-state index in [4.69, 9.17) is 10.5 Å². The van der Waals surface area contributed by atoms with Crippen molar-refractivity contribution < 1.29 is 14.6 Å². The molecule has 1 aliphatic rings. The average molecular weight is 308 g/mol. The van der Waals surface area contributed by atoms with Crippen LogP contribution in [-0.4, -0.2) is 40.9 Å². The van der Waals surface area contributed by atoms with Crippen LogP contribution in [0, 0.1) is 0 Å². The van der Waals surface area contributed by atoms with Crippen LogP contribution in [0.25, 0.3) is 0 Å². The Kier molecular flexibility index (Phi) is 7.35. The number of nitrogens with zero attached hydrogens (tertiary/aromatic N) is 1. The molecular weight excluding hydrogens is 280 g/mol. The second-order valence-corrected chi connectivity index (χ2v) is 6.41. The first-order valence-electron chi connectivity index (χ1n) is 7.72. The predicted molar refractivity (Wildman–Crippen MR) is 87.4 cm³/mol. The lowest BCUT2D eigenvalue weighted by atomic mass is 10.1. The largest absolute Gasteiger partial charge is 0.444 e. The number of amides is 1. The van der Waals surface area contributed by atoms with Gasteiger partial charge in [-0.05, 0) is 39.2 Å². The molecule has 1 unspecified atom stereocenters. The lowest BCUT2D eigenvalue weighted by molar-refractivity contribution is 0.00391. The normalized spacial score (nSPS) is 18.2. The maximum absolute atomic E-state index is 11.6. The summed E-state index contributed by atoms with van der Waals surface area (Å²) in [6.45, 7) is 7.24. The van der Waals surface area contributed by atoms with Crippen LogP contribution in [0.4, 0.5) is 4.79 Å². The highest BCUT2D eigenvalue weighted by atomic mass is 16.6. The number of hydrogen-bond acceptors (Lipinski definition) is 4. The summed E-state index contributed by atoms with van der Waals surface area (Å²) in [5.74, 6) is 0. The third-order valence-corrected chi connectivity index (χ3v) is 3.13. The SMILES string of the molecule is CC(C)(C)OC(=O)N1CCCC(O)C1.NCc1ccccc1. The van der Waals surface area contributed by atoms with Crippen molar-refractivity contribution in [2.75, 3.05) is 13.1 Å². The smallest absolute Gasteiger partial charge is 0.410 e. The monoisotopic (exact) mass is 308 g/mol. The molecule has 124 valence electrons. The van der Waals surface area contributed by atoms with Gasteiger partial charge in [-0.15, -0.1) is 0 Å². The second-order valence-electron chi connectivity index (χ2n) is 6.41. The van der Waals surface area contributed by atoms with E-state index in [1.807, 2.05) is 51.1 Å². The fraction of sp³-hybridized carbons (Fsp3) is 0.588. The molecule has 1 amide bonds. The molecule has 1 heterocycles. The van der Waals surface area contributed by atoms with Gasteiger partial charge in [0, 0.05) is 19.6 Å². The number of piperidine rings is 1. The van der Waals surface area contributed by atoms with Crippen LogP contribution in [0.1, 0.15) is 39.2 Å². The van der Waals surface area contributed by atoms with E-state index in [-0.39, 0.29) is 6.09 Å². The summed E-state index contributed by atoms with van der Waals surface area (Å²) in [4.78, 5) is 13.1. The Morgan fingerprint density at radius 1 is 1.36 bits per heavy atom. The van der Waals surface area contributed by atoms with Crippen molar-refractivity contribution in [3.63, 3.8) is 0 Å². The van der Waals surface area contributed by atoms with Crippen molar-refractivity contribution >= 4 is 6.09 Å². The topological polar surface area (TPSA) is 75.8 Å². The molecule has 0 aromatic heterocycles. The fourth-order valence-electron chi connectivity index (χ4n) is 2.06. The molecule has 2 rings (SSSR count). The number of carbonyl (C=O) groups is 1. The van der Waals surface area contributed by atoms with E-state index < -0.39 is 11.7 Å². The Bertz CT molecular complexity index is 443. The summed E-state index contributed by atoms with van der Waals surface area (Å²) in [6, 6.07) is 9.99. The van der Waals surface area contributed by atoms with Crippen molar-refractivity contribution in [3.05, 3.63) is 35.9 Å².